The Labute approximate surface area is 146 Å². The summed E-state index contributed by atoms with van der Waals surface area (Å²) in [7, 11) is 0. The van der Waals surface area contributed by atoms with Crippen molar-refractivity contribution in [2.24, 2.45) is 5.92 Å². The molecule has 1 saturated heterocycles. The number of anilines is 3. The number of benzene rings is 1. The highest BCUT2D eigenvalue weighted by Crippen LogP contribution is 2.22. The molecule has 1 fully saturated rings. The van der Waals surface area contributed by atoms with Crippen LogP contribution in [-0.2, 0) is 4.79 Å². The summed E-state index contributed by atoms with van der Waals surface area (Å²) >= 11 is 1.58. The molecule has 0 radical (unpaired) electrons. The molecule has 1 aromatic heterocycles. The molecular formula is C18H24N4OS. The van der Waals surface area contributed by atoms with Crippen LogP contribution in [0.1, 0.15) is 31.4 Å². The van der Waals surface area contributed by atoms with Gasteiger partial charge in [-0.2, -0.15) is 0 Å². The van der Waals surface area contributed by atoms with Crippen molar-refractivity contribution in [3.8, 4) is 0 Å². The fourth-order valence-corrected chi connectivity index (χ4v) is 3.61. The summed E-state index contributed by atoms with van der Waals surface area (Å²) < 4.78 is 0. The predicted octanol–water partition coefficient (Wildman–Crippen LogP) is 3.91. The molecule has 0 spiro atoms. The van der Waals surface area contributed by atoms with Crippen LogP contribution < -0.4 is 16.0 Å². The van der Waals surface area contributed by atoms with Crippen LogP contribution in [0.4, 0.5) is 16.5 Å². The molecule has 2 aromatic rings. The molecule has 24 heavy (non-hydrogen) atoms. The van der Waals surface area contributed by atoms with Crippen LogP contribution in [-0.4, -0.2) is 24.0 Å². The van der Waals surface area contributed by atoms with E-state index in [0.29, 0.717) is 12.3 Å². The van der Waals surface area contributed by atoms with E-state index in [-0.39, 0.29) is 5.91 Å². The van der Waals surface area contributed by atoms with E-state index in [4.69, 9.17) is 0 Å². The summed E-state index contributed by atoms with van der Waals surface area (Å²) in [5.41, 5.74) is 2.82. The van der Waals surface area contributed by atoms with Crippen LogP contribution in [0.25, 0.3) is 0 Å². The monoisotopic (exact) mass is 344 g/mol. The highest BCUT2D eigenvalue weighted by Gasteiger charge is 2.14. The number of nitrogens with zero attached hydrogens (tertiary/aromatic N) is 1. The zero-order valence-corrected chi connectivity index (χ0v) is 14.8. The Balaban J connectivity index is 1.45. The number of hydrogen-bond acceptors (Lipinski definition) is 5. The lowest BCUT2D eigenvalue weighted by molar-refractivity contribution is -0.116. The molecule has 0 bridgehead atoms. The zero-order valence-electron chi connectivity index (χ0n) is 14.0. The number of carbonyl (C=O) groups excluding carboxylic acids is 1. The van der Waals surface area contributed by atoms with Crippen LogP contribution in [0.15, 0.2) is 29.6 Å². The van der Waals surface area contributed by atoms with Gasteiger partial charge in [-0.1, -0.05) is 0 Å². The molecule has 0 aliphatic carbocycles. The summed E-state index contributed by atoms with van der Waals surface area (Å²) in [5.74, 6) is 0.787. The van der Waals surface area contributed by atoms with Crippen molar-refractivity contribution in [1.82, 2.24) is 10.3 Å². The highest BCUT2D eigenvalue weighted by molar-refractivity contribution is 7.13. The summed E-state index contributed by atoms with van der Waals surface area (Å²) in [6, 6.07) is 7.76. The van der Waals surface area contributed by atoms with Gasteiger partial charge in [0.25, 0.3) is 0 Å². The largest absolute Gasteiger partial charge is 0.332 e. The normalized spacial score (nSPS) is 15.2. The lowest BCUT2D eigenvalue weighted by Gasteiger charge is -2.22. The number of thiazole rings is 1. The second kappa shape index (κ2) is 8.26. The van der Waals surface area contributed by atoms with Crippen molar-refractivity contribution in [2.45, 2.75) is 32.6 Å². The number of aromatic nitrogens is 1. The Morgan fingerprint density at radius 3 is 2.62 bits per heavy atom. The Kier molecular flexibility index (Phi) is 5.82. The summed E-state index contributed by atoms with van der Waals surface area (Å²) in [6.45, 7) is 4.14. The minimum absolute atomic E-state index is 0.102. The zero-order chi connectivity index (χ0) is 16.8. The molecule has 3 rings (SSSR count). The summed E-state index contributed by atoms with van der Waals surface area (Å²) in [5, 5.41) is 12.5. The van der Waals surface area contributed by atoms with Crippen molar-refractivity contribution in [3.63, 3.8) is 0 Å². The fourth-order valence-electron chi connectivity index (χ4n) is 2.90. The van der Waals surface area contributed by atoms with Gasteiger partial charge in [0.1, 0.15) is 0 Å². The van der Waals surface area contributed by atoms with Crippen molar-refractivity contribution >= 4 is 33.8 Å². The minimum Gasteiger partial charge on any atom is -0.332 e. The average molecular weight is 344 g/mol. The molecule has 2 heterocycles. The van der Waals surface area contributed by atoms with Crippen LogP contribution in [0.3, 0.4) is 0 Å². The van der Waals surface area contributed by atoms with Crippen molar-refractivity contribution in [2.75, 3.05) is 23.7 Å². The molecule has 0 saturated carbocycles. The van der Waals surface area contributed by atoms with Gasteiger partial charge >= 0.3 is 0 Å². The van der Waals surface area contributed by atoms with Crippen LogP contribution in [0, 0.1) is 12.8 Å². The van der Waals surface area contributed by atoms with Gasteiger partial charge in [0.05, 0.1) is 5.69 Å². The van der Waals surface area contributed by atoms with Crippen LogP contribution in [0.5, 0.6) is 0 Å². The number of nitrogens with one attached hydrogen (secondary N) is 3. The van der Waals surface area contributed by atoms with Gasteiger partial charge in [0.15, 0.2) is 5.13 Å². The Hall–Kier alpha value is -1.92. The van der Waals surface area contributed by atoms with Crippen molar-refractivity contribution in [3.05, 3.63) is 35.3 Å². The van der Waals surface area contributed by atoms with Crippen LogP contribution >= 0.6 is 11.3 Å². The first-order chi connectivity index (χ1) is 11.7. The lowest BCUT2D eigenvalue weighted by Crippen LogP contribution is -2.28. The number of rotatable bonds is 6. The van der Waals surface area contributed by atoms with Crippen molar-refractivity contribution < 1.29 is 4.79 Å². The number of carbonyl (C=O) groups is 1. The van der Waals surface area contributed by atoms with E-state index in [1.165, 1.54) is 12.8 Å². The van der Waals surface area contributed by atoms with E-state index >= 15 is 0 Å². The quantitative estimate of drug-likeness (QED) is 0.743. The van der Waals surface area contributed by atoms with Gasteiger partial charge in [-0.25, -0.2) is 4.98 Å². The maximum Gasteiger partial charge on any atom is 0.224 e. The van der Waals surface area contributed by atoms with E-state index < -0.39 is 0 Å². The minimum atomic E-state index is 0.102. The van der Waals surface area contributed by atoms with Gasteiger partial charge in [-0.15, -0.1) is 11.3 Å². The number of hydrogen-bond donors (Lipinski definition) is 3. The standard InChI is InChI=1S/C18H24N4OS/c1-13-12-24-18(20-13)22-16-5-3-15(4-6-16)21-17(23)7-2-14-8-10-19-11-9-14/h3-6,12,14,19H,2,7-11H2,1H3,(H,20,22)(H,21,23). The smallest absolute Gasteiger partial charge is 0.224 e. The second-order valence-corrected chi connectivity index (χ2v) is 7.13. The predicted molar refractivity (Wildman–Crippen MR) is 100 cm³/mol. The average Bonchev–Trinajstić information content (AvgIpc) is 3.01. The molecule has 1 aliphatic rings. The summed E-state index contributed by atoms with van der Waals surface area (Å²) in [4.78, 5) is 16.5. The topological polar surface area (TPSA) is 66.0 Å². The van der Waals surface area contributed by atoms with E-state index in [1.807, 2.05) is 36.6 Å². The molecule has 0 atom stereocenters. The first kappa shape index (κ1) is 16.9. The van der Waals surface area contributed by atoms with Crippen LogP contribution in [0.2, 0.25) is 0 Å². The van der Waals surface area contributed by atoms with Gasteiger partial charge in [-0.3, -0.25) is 4.79 Å². The SMILES string of the molecule is Cc1csc(Nc2ccc(NC(=O)CCC3CCNCC3)cc2)n1. The maximum atomic E-state index is 12.1. The third kappa shape index (κ3) is 5.04. The molecular weight excluding hydrogens is 320 g/mol. The second-order valence-electron chi connectivity index (χ2n) is 6.28. The van der Waals surface area contributed by atoms with Gasteiger partial charge < -0.3 is 16.0 Å². The maximum absolute atomic E-state index is 12.1. The molecule has 1 aromatic carbocycles. The molecule has 6 heteroatoms. The molecule has 3 N–H and O–H groups in total. The van der Waals surface area contributed by atoms with Crippen molar-refractivity contribution in [1.29, 1.82) is 0 Å². The number of aryl methyl sites for hydroxylation is 1. The van der Waals surface area contributed by atoms with E-state index in [9.17, 15) is 4.79 Å². The first-order valence-electron chi connectivity index (χ1n) is 8.49. The molecule has 1 aliphatic heterocycles. The first-order valence-corrected chi connectivity index (χ1v) is 9.37. The fraction of sp³-hybridized carbons (Fsp3) is 0.444. The van der Waals surface area contributed by atoms with Gasteiger partial charge in [-0.05, 0) is 69.5 Å². The van der Waals surface area contributed by atoms with E-state index in [2.05, 4.69) is 20.9 Å². The number of amides is 1. The Bertz CT molecular complexity index is 662. The third-order valence-corrected chi connectivity index (χ3v) is 5.15. The lowest BCUT2D eigenvalue weighted by atomic mass is 9.93. The number of piperidine rings is 1. The van der Waals surface area contributed by atoms with E-state index in [0.717, 1.165) is 41.7 Å². The molecule has 5 nitrogen and oxygen atoms in total. The third-order valence-electron chi connectivity index (χ3n) is 4.28. The van der Waals surface area contributed by atoms with Gasteiger partial charge in [0, 0.05) is 23.2 Å². The molecule has 0 unspecified atom stereocenters. The Morgan fingerprint density at radius 2 is 1.96 bits per heavy atom. The molecule has 128 valence electrons. The Morgan fingerprint density at radius 1 is 1.25 bits per heavy atom. The van der Waals surface area contributed by atoms with E-state index in [1.54, 1.807) is 11.3 Å². The summed E-state index contributed by atoms with van der Waals surface area (Å²) in [6.07, 6.45) is 3.95. The van der Waals surface area contributed by atoms with Gasteiger partial charge in [0.2, 0.25) is 5.91 Å². The highest BCUT2D eigenvalue weighted by atomic mass is 32.1. The molecule has 1 amide bonds.